The molecule has 0 aliphatic carbocycles. The molecule has 0 saturated carbocycles. The number of anilines is 1. The molecule has 160 valence electrons. The van der Waals surface area contributed by atoms with Crippen molar-refractivity contribution >= 4 is 27.6 Å². The van der Waals surface area contributed by atoms with Crippen molar-refractivity contribution in [3.8, 4) is 11.1 Å². The molecule has 1 saturated heterocycles. The van der Waals surface area contributed by atoms with Crippen LogP contribution in [0, 0.1) is 0 Å². The minimum Gasteiger partial charge on any atom is -0.468 e. The highest BCUT2D eigenvalue weighted by molar-refractivity contribution is 7.89. The predicted octanol–water partition coefficient (Wildman–Crippen LogP) is 1.97. The molecule has 8 nitrogen and oxygen atoms in total. The summed E-state index contributed by atoms with van der Waals surface area (Å²) >= 11 is 0. The first-order valence-electron chi connectivity index (χ1n) is 9.60. The Bertz CT molecular complexity index is 1020. The molecule has 2 aromatic carbocycles. The number of rotatable bonds is 6. The van der Waals surface area contributed by atoms with E-state index in [0.717, 1.165) is 11.1 Å². The minimum absolute atomic E-state index is 0.128. The Kier molecular flexibility index (Phi) is 6.55. The predicted molar refractivity (Wildman–Crippen MR) is 113 cm³/mol. The molecule has 1 amide bonds. The van der Waals surface area contributed by atoms with Crippen molar-refractivity contribution in [3.63, 3.8) is 0 Å². The van der Waals surface area contributed by atoms with Crippen LogP contribution in [0.15, 0.2) is 53.4 Å². The van der Waals surface area contributed by atoms with Gasteiger partial charge < -0.3 is 15.8 Å². The zero-order valence-electron chi connectivity index (χ0n) is 16.9. The third-order valence-electron chi connectivity index (χ3n) is 5.04. The molecule has 0 bridgehead atoms. The van der Waals surface area contributed by atoms with E-state index < -0.39 is 28.1 Å². The van der Waals surface area contributed by atoms with Crippen LogP contribution in [-0.2, 0) is 24.3 Å². The summed E-state index contributed by atoms with van der Waals surface area (Å²) in [6.45, 7) is 1.90. The van der Waals surface area contributed by atoms with Gasteiger partial charge >= 0.3 is 5.97 Å². The largest absolute Gasteiger partial charge is 0.468 e. The lowest BCUT2D eigenvalue weighted by Crippen LogP contribution is -2.40. The second-order valence-corrected chi connectivity index (χ2v) is 9.07. The summed E-state index contributed by atoms with van der Waals surface area (Å²) in [5, 5.41) is 2.71. The van der Waals surface area contributed by atoms with Crippen LogP contribution < -0.4 is 11.1 Å². The number of esters is 1. The lowest BCUT2D eigenvalue weighted by molar-refractivity contribution is -0.144. The molecule has 2 aromatic rings. The number of amides is 1. The second-order valence-electron chi connectivity index (χ2n) is 7.18. The maximum atomic E-state index is 13.0. The fraction of sp³-hybridized carbons (Fsp3) is 0.333. The molecule has 3 N–H and O–H groups in total. The Labute approximate surface area is 176 Å². The minimum atomic E-state index is -3.80. The van der Waals surface area contributed by atoms with E-state index in [2.05, 4.69) is 5.32 Å². The van der Waals surface area contributed by atoms with E-state index in [1.807, 2.05) is 12.1 Å². The number of sulfonamides is 1. The highest BCUT2D eigenvalue weighted by atomic mass is 32.2. The summed E-state index contributed by atoms with van der Waals surface area (Å²) in [5.74, 6) is -0.812. The Morgan fingerprint density at radius 2 is 1.67 bits per heavy atom. The molecule has 0 aromatic heterocycles. The highest BCUT2D eigenvalue weighted by Crippen LogP contribution is 2.29. The first-order valence-corrected chi connectivity index (χ1v) is 11.0. The summed E-state index contributed by atoms with van der Waals surface area (Å²) in [7, 11) is -2.54. The summed E-state index contributed by atoms with van der Waals surface area (Å²) in [6, 6.07) is 12.3. The molecular formula is C21H25N3O5S. The van der Waals surface area contributed by atoms with E-state index >= 15 is 0 Å². The second kappa shape index (κ2) is 8.95. The number of carbonyl (C=O) groups is 2. The lowest BCUT2D eigenvalue weighted by Gasteiger charge is -2.22. The van der Waals surface area contributed by atoms with Crippen LogP contribution >= 0.6 is 0 Å². The van der Waals surface area contributed by atoms with Crippen molar-refractivity contribution in [2.75, 3.05) is 19.0 Å². The van der Waals surface area contributed by atoms with Crippen LogP contribution in [0.25, 0.3) is 11.1 Å². The summed E-state index contributed by atoms with van der Waals surface area (Å²) in [4.78, 5) is 23.7. The number of methoxy groups -OCH3 is 1. The molecule has 1 aliphatic heterocycles. The SMILES string of the molecule is COC(=O)[C@H]1CCCN1S(=O)(=O)c1ccc(-c2ccc(NC(=O)C(C)N)cc2)cc1. The van der Waals surface area contributed by atoms with Gasteiger partial charge in [-0.25, -0.2) is 8.42 Å². The van der Waals surface area contributed by atoms with Gasteiger partial charge in [0.05, 0.1) is 18.0 Å². The third-order valence-corrected chi connectivity index (χ3v) is 6.96. The Morgan fingerprint density at radius 1 is 1.10 bits per heavy atom. The molecule has 30 heavy (non-hydrogen) atoms. The van der Waals surface area contributed by atoms with Gasteiger partial charge in [0, 0.05) is 12.2 Å². The van der Waals surface area contributed by atoms with Crippen molar-refractivity contribution in [1.29, 1.82) is 0 Å². The molecular weight excluding hydrogens is 406 g/mol. The van der Waals surface area contributed by atoms with E-state index in [1.54, 1.807) is 31.2 Å². The molecule has 1 heterocycles. The van der Waals surface area contributed by atoms with Gasteiger partial charge in [-0.1, -0.05) is 24.3 Å². The first kappa shape index (κ1) is 21.9. The Morgan fingerprint density at radius 3 is 2.20 bits per heavy atom. The average molecular weight is 432 g/mol. The van der Waals surface area contributed by atoms with Gasteiger partial charge in [0.1, 0.15) is 6.04 Å². The lowest BCUT2D eigenvalue weighted by atomic mass is 10.1. The van der Waals surface area contributed by atoms with E-state index in [9.17, 15) is 18.0 Å². The van der Waals surface area contributed by atoms with Gasteiger partial charge in [-0.15, -0.1) is 0 Å². The number of nitrogens with zero attached hydrogens (tertiary/aromatic N) is 1. The maximum absolute atomic E-state index is 13.0. The summed E-state index contributed by atoms with van der Waals surface area (Å²) in [6.07, 6.45) is 1.07. The van der Waals surface area contributed by atoms with Gasteiger partial charge in [-0.2, -0.15) is 4.31 Å². The molecule has 1 fully saturated rings. The average Bonchev–Trinajstić information content (AvgIpc) is 3.24. The van der Waals surface area contributed by atoms with Gasteiger partial charge in [0.2, 0.25) is 15.9 Å². The van der Waals surface area contributed by atoms with Crippen LogP contribution in [0.1, 0.15) is 19.8 Å². The van der Waals surface area contributed by atoms with Crippen LogP contribution in [0.5, 0.6) is 0 Å². The van der Waals surface area contributed by atoms with Crippen molar-refractivity contribution in [1.82, 2.24) is 4.31 Å². The topological polar surface area (TPSA) is 119 Å². The Balaban J connectivity index is 1.77. The van der Waals surface area contributed by atoms with Gasteiger partial charge in [0.15, 0.2) is 0 Å². The van der Waals surface area contributed by atoms with Crippen molar-refractivity contribution in [3.05, 3.63) is 48.5 Å². The highest BCUT2D eigenvalue weighted by Gasteiger charge is 2.40. The van der Waals surface area contributed by atoms with Crippen molar-refractivity contribution < 1.29 is 22.7 Å². The molecule has 1 unspecified atom stereocenters. The van der Waals surface area contributed by atoms with Crippen molar-refractivity contribution in [2.45, 2.75) is 36.7 Å². The van der Waals surface area contributed by atoms with E-state index in [-0.39, 0.29) is 10.8 Å². The number of hydrogen-bond donors (Lipinski definition) is 2. The number of benzene rings is 2. The number of nitrogens with two attached hydrogens (primary N) is 1. The molecule has 9 heteroatoms. The van der Waals surface area contributed by atoms with E-state index in [0.29, 0.717) is 25.1 Å². The number of nitrogens with one attached hydrogen (secondary N) is 1. The van der Waals surface area contributed by atoms with Crippen LogP contribution in [0.2, 0.25) is 0 Å². The van der Waals surface area contributed by atoms with Gasteiger partial charge in [-0.05, 0) is 55.2 Å². The fourth-order valence-electron chi connectivity index (χ4n) is 3.36. The Hall–Kier alpha value is -2.75. The van der Waals surface area contributed by atoms with Gasteiger partial charge in [-0.3, -0.25) is 9.59 Å². The summed E-state index contributed by atoms with van der Waals surface area (Å²) < 4.78 is 31.9. The van der Waals surface area contributed by atoms with Gasteiger partial charge in [0.25, 0.3) is 0 Å². The quantitative estimate of drug-likeness (QED) is 0.675. The van der Waals surface area contributed by atoms with Crippen LogP contribution in [0.4, 0.5) is 5.69 Å². The molecule has 0 radical (unpaired) electrons. The smallest absolute Gasteiger partial charge is 0.324 e. The number of hydrogen-bond acceptors (Lipinski definition) is 6. The van der Waals surface area contributed by atoms with Crippen molar-refractivity contribution in [2.24, 2.45) is 5.73 Å². The zero-order chi connectivity index (χ0) is 21.9. The number of carbonyl (C=O) groups excluding carboxylic acids is 2. The first-order chi connectivity index (χ1) is 14.2. The molecule has 3 rings (SSSR count). The van der Waals surface area contributed by atoms with Crippen LogP contribution in [0.3, 0.4) is 0 Å². The standard InChI is InChI=1S/C21H25N3O5S/c1-14(22)20(25)23-17-9-5-15(6-10-17)16-7-11-18(12-8-16)30(27,28)24-13-3-4-19(24)21(26)29-2/h5-12,14,19H,3-4,13,22H2,1-2H3,(H,23,25)/t14?,19-/m1/s1. The van der Waals surface area contributed by atoms with E-state index in [4.69, 9.17) is 10.5 Å². The zero-order valence-corrected chi connectivity index (χ0v) is 17.7. The normalized spacial score (nSPS) is 18.0. The third kappa shape index (κ3) is 4.53. The molecule has 2 atom stereocenters. The maximum Gasteiger partial charge on any atom is 0.324 e. The monoisotopic (exact) mass is 431 g/mol. The fourth-order valence-corrected chi connectivity index (χ4v) is 5.00. The van der Waals surface area contributed by atoms with E-state index in [1.165, 1.54) is 23.5 Å². The molecule has 0 spiro atoms. The van der Waals surface area contributed by atoms with Crippen LogP contribution in [-0.4, -0.2) is 50.3 Å². The molecule has 1 aliphatic rings. The number of ether oxygens (including phenoxy) is 1. The summed E-state index contributed by atoms with van der Waals surface area (Å²) in [5.41, 5.74) is 7.86.